The van der Waals surface area contributed by atoms with Gasteiger partial charge in [0.1, 0.15) is 4.99 Å². The molecule has 2 heterocycles. The first kappa shape index (κ1) is 11.3. The fourth-order valence-corrected chi connectivity index (χ4v) is 1.98. The van der Waals surface area contributed by atoms with Gasteiger partial charge < -0.3 is 15.8 Å². The van der Waals surface area contributed by atoms with Crippen LogP contribution < -0.4 is 11.1 Å². The van der Waals surface area contributed by atoms with Crippen molar-refractivity contribution < 1.29 is 4.74 Å². The number of ether oxygens (including phenoxy) is 1. The van der Waals surface area contributed by atoms with Crippen LogP contribution in [0.15, 0.2) is 18.5 Å². The van der Waals surface area contributed by atoms with Crippen LogP contribution in [0.5, 0.6) is 0 Å². The first-order valence-electron chi connectivity index (χ1n) is 5.35. The van der Waals surface area contributed by atoms with Crippen LogP contribution in [0.1, 0.15) is 18.4 Å². The van der Waals surface area contributed by atoms with Gasteiger partial charge in [0, 0.05) is 24.4 Å². The van der Waals surface area contributed by atoms with Crippen molar-refractivity contribution in [1.29, 1.82) is 0 Å². The van der Waals surface area contributed by atoms with E-state index in [0.717, 1.165) is 37.3 Å². The molecule has 0 spiro atoms. The number of aromatic nitrogens is 1. The third-order valence-electron chi connectivity index (χ3n) is 2.61. The standard InChI is InChI=1S/C11H15N3OS/c12-11(16)9-3-4-13-6-10(9)14-8-2-1-5-15-7-8/h3-4,6,8,14H,1-2,5,7H2,(H2,12,16). The highest BCUT2D eigenvalue weighted by Crippen LogP contribution is 2.17. The minimum Gasteiger partial charge on any atom is -0.389 e. The molecule has 0 aromatic carbocycles. The molecule has 1 atom stereocenters. The summed E-state index contributed by atoms with van der Waals surface area (Å²) >= 11 is 5.00. The van der Waals surface area contributed by atoms with Gasteiger partial charge in [0.05, 0.1) is 18.5 Å². The first-order valence-corrected chi connectivity index (χ1v) is 5.76. The van der Waals surface area contributed by atoms with Gasteiger partial charge in [-0.25, -0.2) is 0 Å². The van der Waals surface area contributed by atoms with Gasteiger partial charge in [-0.15, -0.1) is 0 Å². The Morgan fingerprint density at radius 2 is 2.50 bits per heavy atom. The Hall–Kier alpha value is -1.20. The Balaban J connectivity index is 2.10. The van der Waals surface area contributed by atoms with Gasteiger partial charge >= 0.3 is 0 Å². The highest BCUT2D eigenvalue weighted by Gasteiger charge is 2.15. The minimum absolute atomic E-state index is 0.325. The van der Waals surface area contributed by atoms with Crippen LogP contribution in [-0.2, 0) is 4.74 Å². The largest absolute Gasteiger partial charge is 0.389 e. The molecule has 0 radical (unpaired) electrons. The molecule has 0 bridgehead atoms. The Kier molecular flexibility index (Phi) is 3.69. The van der Waals surface area contributed by atoms with E-state index in [-0.39, 0.29) is 0 Å². The second kappa shape index (κ2) is 5.23. The van der Waals surface area contributed by atoms with Crippen LogP contribution in [0.3, 0.4) is 0 Å². The number of thiocarbonyl (C=S) groups is 1. The zero-order valence-corrected chi connectivity index (χ0v) is 9.80. The molecule has 2 rings (SSSR count). The fourth-order valence-electron chi connectivity index (χ4n) is 1.80. The third-order valence-corrected chi connectivity index (χ3v) is 2.83. The van der Waals surface area contributed by atoms with E-state index >= 15 is 0 Å². The Morgan fingerprint density at radius 3 is 3.19 bits per heavy atom. The summed E-state index contributed by atoms with van der Waals surface area (Å²) in [7, 11) is 0. The SMILES string of the molecule is NC(=S)c1ccncc1NC1CCCOC1. The number of pyridine rings is 1. The lowest BCUT2D eigenvalue weighted by atomic mass is 10.1. The van der Waals surface area contributed by atoms with Crippen LogP contribution in [0.4, 0.5) is 5.69 Å². The normalized spacial score (nSPS) is 20.4. The van der Waals surface area contributed by atoms with Gasteiger partial charge in [0.2, 0.25) is 0 Å². The number of nitrogens with one attached hydrogen (secondary N) is 1. The zero-order chi connectivity index (χ0) is 11.4. The van der Waals surface area contributed by atoms with E-state index in [1.165, 1.54) is 0 Å². The van der Waals surface area contributed by atoms with Gasteiger partial charge in [-0.3, -0.25) is 4.98 Å². The van der Waals surface area contributed by atoms with E-state index < -0.39 is 0 Å². The maximum absolute atomic E-state index is 5.65. The lowest BCUT2D eigenvalue weighted by Crippen LogP contribution is -2.31. The minimum atomic E-state index is 0.325. The number of rotatable bonds is 3. The van der Waals surface area contributed by atoms with E-state index in [1.807, 2.05) is 6.07 Å². The molecule has 0 amide bonds. The smallest absolute Gasteiger partial charge is 0.106 e. The molecular formula is C11H15N3OS. The highest BCUT2D eigenvalue weighted by atomic mass is 32.1. The molecule has 1 aliphatic rings. The van der Waals surface area contributed by atoms with Gasteiger partial charge in [0.15, 0.2) is 0 Å². The molecule has 86 valence electrons. The molecule has 16 heavy (non-hydrogen) atoms. The molecule has 4 nitrogen and oxygen atoms in total. The lowest BCUT2D eigenvalue weighted by Gasteiger charge is -2.24. The molecule has 5 heteroatoms. The number of nitrogens with two attached hydrogens (primary N) is 1. The van der Waals surface area contributed by atoms with Crippen LogP contribution in [0.25, 0.3) is 0 Å². The van der Waals surface area contributed by atoms with Crippen molar-refractivity contribution in [3.8, 4) is 0 Å². The number of anilines is 1. The Labute approximate surface area is 100 Å². The molecule has 1 fully saturated rings. The molecular weight excluding hydrogens is 222 g/mol. The van der Waals surface area contributed by atoms with Crippen LogP contribution in [0.2, 0.25) is 0 Å². The summed E-state index contributed by atoms with van der Waals surface area (Å²) in [5, 5.41) is 3.38. The first-order chi connectivity index (χ1) is 7.77. The van der Waals surface area contributed by atoms with Crippen molar-refractivity contribution in [2.75, 3.05) is 18.5 Å². The van der Waals surface area contributed by atoms with Gasteiger partial charge in [0.25, 0.3) is 0 Å². The molecule has 1 aromatic rings. The molecule has 3 N–H and O–H groups in total. The van der Waals surface area contributed by atoms with Crippen molar-refractivity contribution in [1.82, 2.24) is 4.98 Å². The van der Waals surface area contributed by atoms with Crippen LogP contribution in [-0.4, -0.2) is 29.2 Å². The van der Waals surface area contributed by atoms with E-state index in [9.17, 15) is 0 Å². The van der Waals surface area contributed by atoms with Crippen molar-refractivity contribution in [2.45, 2.75) is 18.9 Å². The van der Waals surface area contributed by atoms with Gasteiger partial charge in [-0.05, 0) is 18.9 Å². The van der Waals surface area contributed by atoms with E-state index in [2.05, 4.69) is 10.3 Å². The number of hydrogen-bond donors (Lipinski definition) is 2. The Morgan fingerprint density at radius 1 is 1.62 bits per heavy atom. The van der Waals surface area contributed by atoms with Crippen LogP contribution in [0, 0.1) is 0 Å². The third kappa shape index (κ3) is 2.68. The average molecular weight is 237 g/mol. The van der Waals surface area contributed by atoms with E-state index in [1.54, 1.807) is 12.4 Å². The van der Waals surface area contributed by atoms with Gasteiger partial charge in [-0.2, -0.15) is 0 Å². The average Bonchev–Trinajstić information content (AvgIpc) is 2.31. The topological polar surface area (TPSA) is 60.2 Å². The maximum Gasteiger partial charge on any atom is 0.106 e. The summed E-state index contributed by atoms with van der Waals surface area (Å²) in [5.41, 5.74) is 7.39. The molecule has 0 aliphatic carbocycles. The molecule has 0 saturated carbocycles. The monoisotopic (exact) mass is 237 g/mol. The van der Waals surface area contributed by atoms with Gasteiger partial charge in [-0.1, -0.05) is 12.2 Å². The molecule has 1 saturated heterocycles. The Bertz CT molecular complexity index is 377. The van der Waals surface area contributed by atoms with Crippen LogP contribution >= 0.6 is 12.2 Å². The number of nitrogens with zero attached hydrogens (tertiary/aromatic N) is 1. The summed E-state index contributed by atoms with van der Waals surface area (Å²) in [5.74, 6) is 0. The van der Waals surface area contributed by atoms with E-state index in [0.29, 0.717) is 11.0 Å². The van der Waals surface area contributed by atoms with E-state index in [4.69, 9.17) is 22.7 Å². The summed E-state index contributed by atoms with van der Waals surface area (Å²) in [6.45, 7) is 1.58. The maximum atomic E-state index is 5.65. The zero-order valence-electron chi connectivity index (χ0n) is 8.98. The summed E-state index contributed by atoms with van der Waals surface area (Å²) in [6.07, 6.45) is 5.63. The number of hydrogen-bond acceptors (Lipinski definition) is 4. The van der Waals surface area contributed by atoms with Crippen molar-refractivity contribution in [3.63, 3.8) is 0 Å². The predicted octanol–water partition coefficient (Wildman–Crippen LogP) is 1.31. The molecule has 1 aliphatic heterocycles. The summed E-state index contributed by atoms with van der Waals surface area (Å²) < 4.78 is 5.41. The highest BCUT2D eigenvalue weighted by molar-refractivity contribution is 7.80. The van der Waals surface area contributed by atoms with Crippen molar-refractivity contribution >= 4 is 22.9 Å². The molecule has 1 aromatic heterocycles. The molecule has 1 unspecified atom stereocenters. The van der Waals surface area contributed by atoms with Crippen molar-refractivity contribution in [3.05, 3.63) is 24.0 Å². The van der Waals surface area contributed by atoms with Crippen molar-refractivity contribution in [2.24, 2.45) is 5.73 Å². The lowest BCUT2D eigenvalue weighted by molar-refractivity contribution is 0.0876. The predicted molar refractivity (Wildman–Crippen MR) is 67.6 cm³/mol. The fraction of sp³-hybridized carbons (Fsp3) is 0.455. The quantitative estimate of drug-likeness (QED) is 0.776. The summed E-state index contributed by atoms with van der Waals surface area (Å²) in [4.78, 5) is 4.47. The summed E-state index contributed by atoms with van der Waals surface area (Å²) in [6, 6.07) is 2.15. The second-order valence-electron chi connectivity index (χ2n) is 3.84. The second-order valence-corrected chi connectivity index (χ2v) is 4.28.